The van der Waals surface area contributed by atoms with Crippen LogP contribution in [0.4, 0.5) is 0 Å². The van der Waals surface area contributed by atoms with Crippen LogP contribution in [0.25, 0.3) is 0 Å². The number of rotatable bonds is 2. The number of hydrogen-bond acceptors (Lipinski definition) is 3. The van der Waals surface area contributed by atoms with E-state index < -0.39 is 0 Å². The molecule has 0 bridgehead atoms. The minimum Gasteiger partial charge on any atom is -0.508 e. The van der Waals surface area contributed by atoms with Gasteiger partial charge in [0.2, 0.25) is 0 Å². The van der Waals surface area contributed by atoms with Gasteiger partial charge in [0.15, 0.2) is 0 Å². The normalized spacial score (nSPS) is 27.5. The van der Waals surface area contributed by atoms with Crippen LogP contribution in [0, 0.1) is 5.92 Å². The second-order valence-corrected chi connectivity index (χ2v) is 6.18. The number of benzene rings is 1. The topological polar surface area (TPSA) is 49.5 Å². The van der Waals surface area contributed by atoms with Crippen LogP contribution in [-0.2, 0) is 12.8 Å². The predicted octanol–water partition coefficient (Wildman–Crippen LogP) is 2.22. The van der Waals surface area contributed by atoms with Gasteiger partial charge in [0.1, 0.15) is 5.75 Å². The first-order valence-electron chi connectivity index (χ1n) is 7.44. The molecule has 2 unspecified atom stereocenters. The molecule has 2 aliphatic rings. The zero-order valence-electron chi connectivity index (χ0n) is 11.7. The summed E-state index contributed by atoms with van der Waals surface area (Å²) >= 11 is 0. The molecule has 0 amide bonds. The van der Waals surface area contributed by atoms with Crippen molar-refractivity contribution in [2.75, 3.05) is 20.1 Å². The van der Waals surface area contributed by atoms with Gasteiger partial charge in [0, 0.05) is 18.2 Å². The lowest BCUT2D eigenvalue weighted by Gasteiger charge is -2.24. The predicted molar refractivity (Wildman–Crippen MR) is 77.3 cm³/mol. The highest BCUT2D eigenvalue weighted by molar-refractivity contribution is 5.45. The van der Waals surface area contributed by atoms with Crippen LogP contribution in [0.1, 0.15) is 42.0 Å². The van der Waals surface area contributed by atoms with Gasteiger partial charge in [-0.05, 0) is 68.8 Å². The standard InChI is InChI=1S/C16H24N2O/c1-18-10-11(9-17)6-15(18)14-7-12-4-2-3-5-13(12)8-16(14)19/h7-8,11,15,19H,2-6,9-10,17H2,1H3. The number of nitrogens with zero attached hydrogens (tertiary/aromatic N) is 1. The van der Waals surface area contributed by atoms with Gasteiger partial charge in [-0.3, -0.25) is 4.90 Å². The number of phenols is 1. The average molecular weight is 260 g/mol. The Labute approximate surface area is 115 Å². The zero-order chi connectivity index (χ0) is 13.4. The van der Waals surface area contributed by atoms with E-state index in [9.17, 15) is 5.11 Å². The maximum atomic E-state index is 10.3. The third-order valence-electron chi connectivity index (χ3n) is 4.82. The Morgan fingerprint density at radius 1 is 1.26 bits per heavy atom. The number of aromatic hydroxyl groups is 1. The molecule has 1 fully saturated rings. The summed E-state index contributed by atoms with van der Waals surface area (Å²) in [6, 6.07) is 4.60. The third-order valence-corrected chi connectivity index (χ3v) is 4.82. The highest BCUT2D eigenvalue weighted by Gasteiger charge is 2.31. The molecule has 1 saturated heterocycles. The Morgan fingerprint density at radius 2 is 1.95 bits per heavy atom. The lowest BCUT2D eigenvalue weighted by atomic mass is 9.87. The molecule has 19 heavy (non-hydrogen) atoms. The molecule has 3 heteroatoms. The molecule has 1 aliphatic heterocycles. The Bertz CT molecular complexity index is 472. The number of hydrogen-bond donors (Lipinski definition) is 2. The van der Waals surface area contributed by atoms with E-state index in [0.717, 1.165) is 31.5 Å². The van der Waals surface area contributed by atoms with Gasteiger partial charge in [-0.2, -0.15) is 0 Å². The molecule has 104 valence electrons. The lowest BCUT2D eigenvalue weighted by Crippen LogP contribution is -2.21. The highest BCUT2D eigenvalue weighted by Crippen LogP contribution is 2.40. The fourth-order valence-corrected chi connectivity index (χ4v) is 3.70. The number of likely N-dealkylation sites (tertiary alicyclic amines) is 1. The van der Waals surface area contributed by atoms with Crippen molar-refractivity contribution in [1.29, 1.82) is 0 Å². The van der Waals surface area contributed by atoms with Crippen molar-refractivity contribution in [3.05, 3.63) is 28.8 Å². The summed E-state index contributed by atoms with van der Waals surface area (Å²) in [5.74, 6) is 1.04. The molecule has 0 saturated carbocycles. The van der Waals surface area contributed by atoms with Crippen molar-refractivity contribution in [1.82, 2.24) is 4.90 Å². The van der Waals surface area contributed by atoms with E-state index >= 15 is 0 Å². The molecule has 3 nitrogen and oxygen atoms in total. The number of fused-ring (bicyclic) bond motifs is 1. The summed E-state index contributed by atoms with van der Waals surface area (Å²) in [6.45, 7) is 1.78. The van der Waals surface area contributed by atoms with E-state index in [2.05, 4.69) is 18.0 Å². The van der Waals surface area contributed by atoms with Gasteiger partial charge in [0.05, 0.1) is 0 Å². The van der Waals surface area contributed by atoms with Crippen LogP contribution in [0.3, 0.4) is 0 Å². The van der Waals surface area contributed by atoms with E-state index in [0.29, 0.717) is 17.7 Å². The Morgan fingerprint density at radius 3 is 2.58 bits per heavy atom. The van der Waals surface area contributed by atoms with Gasteiger partial charge < -0.3 is 10.8 Å². The average Bonchev–Trinajstić information content (AvgIpc) is 2.79. The van der Waals surface area contributed by atoms with E-state index in [1.807, 2.05) is 6.07 Å². The van der Waals surface area contributed by atoms with Crippen molar-refractivity contribution >= 4 is 0 Å². The molecule has 0 aromatic heterocycles. The summed E-state index contributed by atoms with van der Waals surface area (Å²) in [5, 5.41) is 10.3. The Balaban J connectivity index is 1.92. The fourth-order valence-electron chi connectivity index (χ4n) is 3.70. The Hall–Kier alpha value is -1.06. The van der Waals surface area contributed by atoms with Gasteiger partial charge in [-0.25, -0.2) is 0 Å². The largest absolute Gasteiger partial charge is 0.508 e. The SMILES string of the molecule is CN1CC(CN)CC1c1cc2c(cc1O)CCCC2. The Kier molecular flexibility index (Phi) is 3.50. The molecule has 1 aromatic rings. The monoisotopic (exact) mass is 260 g/mol. The molecule has 2 atom stereocenters. The van der Waals surface area contributed by atoms with Crippen LogP contribution in [0.5, 0.6) is 5.75 Å². The van der Waals surface area contributed by atoms with Crippen LogP contribution in [-0.4, -0.2) is 30.1 Å². The molecule has 1 aromatic carbocycles. The van der Waals surface area contributed by atoms with Crippen LogP contribution < -0.4 is 5.73 Å². The third kappa shape index (κ3) is 2.37. The quantitative estimate of drug-likeness (QED) is 0.857. The number of nitrogens with two attached hydrogens (primary N) is 1. The van der Waals surface area contributed by atoms with Crippen LogP contribution in [0.15, 0.2) is 12.1 Å². The molecule has 1 aliphatic carbocycles. The summed E-state index contributed by atoms with van der Waals surface area (Å²) in [4.78, 5) is 2.34. The summed E-state index contributed by atoms with van der Waals surface area (Å²) in [5.41, 5.74) is 9.70. The minimum atomic E-state index is 0.334. The molecule has 3 N–H and O–H groups in total. The second-order valence-electron chi connectivity index (χ2n) is 6.18. The van der Waals surface area contributed by atoms with Crippen molar-refractivity contribution in [3.8, 4) is 5.75 Å². The molecular weight excluding hydrogens is 236 g/mol. The fraction of sp³-hybridized carbons (Fsp3) is 0.625. The molecule has 1 heterocycles. The number of aryl methyl sites for hydroxylation is 2. The minimum absolute atomic E-state index is 0.334. The second kappa shape index (κ2) is 5.14. The molecule has 0 radical (unpaired) electrons. The first-order chi connectivity index (χ1) is 9.19. The summed E-state index contributed by atoms with van der Waals surface area (Å²) < 4.78 is 0. The van der Waals surface area contributed by atoms with Crippen LogP contribution >= 0.6 is 0 Å². The van der Waals surface area contributed by atoms with E-state index in [1.165, 1.54) is 30.4 Å². The van der Waals surface area contributed by atoms with E-state index in [-0.39, 0.29) is 0 Å². The van der Waals surface area contributed by atoms with Gasteiger partial charge >= 0.3 is 0 Å². The summed E-state index contributed by atoms with van der Waals surface area (Å²) in [7, 11) is 2.14. The summed E-state index contributed by atoms with van der Waals surface area (Å²) in [6.07, 6.45) is 5.89. The van der Waals surface area contributed by atoms with Crippen molar-refractivity contribution in [3.63, 3.8) is 0 Å². The molecule has 0 spiro atoms. The van der Waals surface area contributed by atoms with Crippen molar-refractivity contribution in [2.24, 2.45) is 11.7 Å². The van der Waals surface area contributed by atoms with Crippen molar-refractivity contribution < 1.29 is 5.11 Å². The smallest absolute Gasteiger partial charge is 0.120 e. The van der Waals surface area contributed by atoms with Gasteiger partial charge in [-0.15, -0.1) is 0 Å². The first-order valence-corrected chi connectivity index (χ1v) is 7.44. The maximum absolute atomic E-state index is 10.3. The first kappa shape index (κ1) is 12.9. The zero-order valence-corrected chi connectivity index (χ0v) is 11.7. The van der Waals surface area contributed by atoms with Gasteiger partial charge in [0.25, 0.3) is 0 Å². The molecule has 3 rings (SSSR count). The van der Waals surface area contributed by atoms with E-state index in [1.54, 1.807) is 0 Å². The van der Waals surface area contributed by atoms with E-state index in [4.69, 9.17) is 5.73 Å². The molecular formula is C16H24N2O. The van der Waals surface area contributed by atoms with Gasteiger partial charge in [-0.1, -0.05) is 6.07 Å². The number of phenolic OH excluding ortho intramolecular Hbond substituents is 1. The van der Waals surface area contributed by atoms with Crippen molar-refractivity contribution in [2.45, 2.75) is 38.1 Å². The maximum Gasteiger partial charge on any atom is 0.120 e. The highest BCUT2D eigenvalue weighted by atomic mass is 16.3. The van der Waals surface area contributed by atoms with Crippen LogP contribution in [0.2, 0.25) is 0 Å². The lowest BCUT2D eigenvalue weighted by molar-refractivity contribution is 0.305.